The first-order chi connectivity index (χ1) is 14.0. The van der Waals surface area contributed by atoms with Crippen molar-refractivity contribution in [2.24, 2.45) is 0 Å². The Morgan fingerprint density at radius 1 is 1.03 bits per heavy atom. The summed E-state index contributed by atoms with van der Waals surface area (Å²) >= 11 is 0. The van der Waals surface area contributed by atoms with Crippen LogP contribution in [0.2, 0.25) is 0 Å². The Hall–Kier alpha value is -3.88. The summed E-state index contributed by atoms with van der Waals surface area (Å²) in [7, 11) is 1.49. The average Bonchev–Trinajstić information content (AvgIpc) is 3.12. The topological polar surface area (TPSA) is 68.5 Å². The van der Waals surface area contributed by atoms with Crippen LogP contribution in [0.1, 0.15) is 10.4 Å². The quantitative estimate of drug-likeness (QED) is 0.563. The van der Waals surface area contributed by atoms with Crippen LogP contribution in [0.25, 0.3) is 16.9 Å². The molecule has 6 nitrogen and oxygen atoms in total. The molecule has 0 fully saturated rings. The Morgan fingerprint density at radius 2 is 1.79 bits per heavy atom. The molecule has 29 heavy (non-hydrogen) atoms. The second-order valence-electron chi connectivity index (χ2n) is 6.05. The monoisotopic (exact) mass is 398 g/mol. The summed E-state index contributed by atoms with van der Waals surface area (Å²) in [5.41, 5.74) is 0.432. The van der Waals surface area contributed by atoms with Crippen LogP contribution in [0.4, 0.5) is 18.9 Å². The average molecular weight is 398 g/mol. The summed E-state index contributed by atoms with van der Waals surface area (Å²) in [5, 5.41) is 6.40. The van der Waals surface area contributed by atoms with Crippen molar-refractivity contribution in [3.8, 4) is 17.1 Å². The minimum Gasteiger partial charge on any atom is -0.480 e. The lowest BCUT2D eigenvalue weighted by atomic mass is 10.1. The predicted molar refractivity (Wildman–Crippen MR) is 99.2 cm³/mol. The molecule has 0 saturated carbocycles. The number of halogens is 3. The molecule has 0 aliphatic heterocycles. The van der Waals surface area contributed by atoms with Gasteiger partial charge < -0.3 is 10.1 Å². The number of anilines is 1. The highest BCUT2D eigenvalue weighted by Crippen LogP contribution is 2.26. The van der Waals surface area contributed by atoms with Gasteiger partial charge in [0.25, 0.3) is 5.91 Å². The minimum absolute atomic E-state index is 0.238. The van der Waals surface area contributed by atoms with E-state index in [4.69, 9.17) is 4.74 Å². The van der Waals surface area contributed by atoms with E-state index >= 15 is 0 Å². The van der Waals surface area contributed by atoms with Crippen molar-refractivity contribution < 1.29 is 22.7 Å². The van der Waals surface area contributed by atoms with Gasteiger partial charge in [0.2, 0.25) is 5.88 Å². The molecule has 2 heterocycles. The first-order valence-corrected chi connectivity index (χ1v) is 8.42. The number of nitrogens with one attached hydrogen (secondary N) is 1. The Kier molecular flexibility index (Phi) is 4.63. The molecular weight excluding hydrogens is 385 g/mol. The van der Waals surface area contributed by atoms with E-state index in [2.05, 4.69) is 15.4 Å². The van der Waals surface area contributed by atoms with Gasteiger partial charge in [0, 0.05) is 11.6 Å². The molecule has 0 saturated heterocycles. The van der Waals surface area contributed by atoms with Crippen LogP contribution in [0.15, 0.2) is 54.7 Å². The van der Waals surface area contributed by atoms with E-state index in [1.165, 1.54) is 23.8 Å². The van der Waals surface area contributed by atoms with E-state index in [1.54, 1.807) is 18.3 Å². The Morgan fingerprint density at radius 3 is 2.52 bits per heavy atom. The van der Waals surface area contributed by atoms with Gasteiger partial charge in [-0.2, -0.15) is 0 Å². The minimum atomic E-state index is -1.10. The van der Waals surface area contributed by atoms with E-state index in [-0.39, 0.29) is 5.69 Å². The predicted octanol–water partition coefficient (Wildman–Crippen LogP) is 4.07. The van der Waals surface area contributed by atoms with E-state index in [0.29, 0.717) is 22.8 Å². The van der Waals surface area contributed by atoms with Crippen LogP contribution >= 0.6 is 0 Å². The van der Waals surface area contributed by atoms with Gasteiger partial charge in [-0.15, -0.1) is 5.10 Å². The number of imidazole rings is 1. The van der Waals surface area contributed by atoms with Crippen LogP contribution in [0.3, 0.4) is 0 Å². The molecule has 0 unspecified atom stereocenters. The summed E-state index contributed by atoms with van der Waals surface area (Å²) < 4.78 is 48.4. The maximum absolute atomic E-state index is 14.2. The smallest absolute Gasteiger partial charge is 0.261 e. The normalized spacial score (nSPS) is 10.9. The number of carbonyl (C=O) groups is 1. The third-order valence-electron chi connectivity index (χ3n) is 4.20. The first kappa shape index (κ1) is 18.5. The van der Waals surface area contributed by atoms with Crippen molar-refractivity contribution >= 4 is 17.2 Å². The molecule has 1 N–H and O–H groups in total. The van der Waals surface area contributed by atoms with Crippen LogP contribution in [0, 0.1) is 17.5 Å². The number of carbonyl (C=O) groups excluding carboxylic acids is 1. The van der Waals surface area contributed by atoms with Gasteiger partial charge in [-0.3, -0.25) is 4.79 Å². The fourth-order valence-electron chi connectivity index (χ4n) is 2.79. The number of fused-ring (bicyclic) bond motifs is 1. The largest absolute Gasteiger partial charge is 0.480 e. The van der Waals surface area contributed by atoms with E-state index in [9.17, 15) is 18.0 Å². The standard InChI is InChI=1S/C20H13F3N4O2/c1-29-18-8-7-17-24-16(10-27(17)26-18)11-5-6-12(21)15(9-11)25-20(28)19-13(22)3-2-4-14(19)23/h2-10H,1H3,(H,25,28). The number of nitrogens with zero attached hydrogens (tertiary/aromatic N) is 3. The van der Waals surface area contributed by atoms with Crippen molar-refractivity contribution in [2.45, 2.75) is 0 Å². The molecule has 2 aromatic carbocycles. The molecule has 146 valence electrons. The van der Waals surface area contributed by atoms with Gasteiger partial charge in [-0.05, 0) is 36.4 Å². The van der Waals surface area contributed by atoms with E-state index < -0.39 is 28.9 Å². The van der Waals surface area contributed by atoms with Crippen molar-refractivity contribution in [2.75, 3.05) is 12.4 Å². The van der Waals surface area contributed by atoms with Gasteiger partial charge in [0.05, 0.1) is 24.7 Å². The van der Waals surface area contributed by atoms with Crippen LogP contribution < -0.4 is 10.1 Å². The van der Waals surface area contributed by atoms with Gasteiger partial charge in [-0.25, -0.2) is 22.7 Å². The number of methoxy groups -OCH3 is 1. The number of ether oxygens (including phenoxy) is 1. The molecule has 0 aliphatic carbocycles. The summed E-state index contributed by atoms with van der Waals surface area (Å²) in [4.78, 5) is 16.7. The highest BCUT2D eigenvalue weighted by molar-refractivity contribution is 6.05. The molecule has 0 bridgehead atoms. The van der Waals surface area contributed by atoms with Crippen molar-refractivity contribution in [1.82, 2.24) is 14.6 Å². The lowest BCUT2D eigenvalue weighted by Crippen LogP contribution is -2.16. The van der Waals surface area contributed by atoms with Crippen LogP contribution in [-0.2, 0) is 0 Å². The molecule has 0 aliphatic rings. The maximum Gasteiger partial charge on any atom is 0.261 e. The molecule has 9 heteroatoms. The highest BCUT2D eigenvalue weighted by Gasteiger charge is 2.19. The van der Waals surface area contributed by atoms with E-state index in [0.717, 1.165) is 24.3 Å². The third-order valence-corrected chi connectivity index (χ3v) is 4.20. The van der Waals surface area contributed by atoms with Gasteiger partial charge in [0.15, 0.2) is 5.65 Å². The SMILES string of the molecule is COc1ccc2nc(-c3ccc(F)c(NC(=O)c4c(F)cccc4F)c3)cn2n1. The highest BCUT2D eigenvalue weighted by atomic mass is 19.1. The van der Waals surface area contributed by atoms with Crippen LogP contribution in [-0.4, -0.2) is 27.6 Å². The molecule has 0 atom stereocenters. The molecule has 4 rings (SSSR count). The van der Waals surface area contributed by atoms with E-state index in [1.807, 2.05) is 0 Å². The molecule has 0 spiro atoms. The van der Waals surface area contributed by atoms with Crippen LogP contribution in [0.5, 0.6) is 5.88 Å². The first-order valence-electron chi connectivity index (χ1n) is 8.42. The number of rotatable bonds is 4. The zero-order chi connectivity index (χ0) is 20.5. The summed E-state index contributed by atoms with van der Waals surface area (Å²) in [6, 6.07) is 10.3. The number of amides is 1. The molecule has 2 aromatic heterocycles. The van der Waals surface area contributed by atoms with Gasteiger partial charge in [0.1, 0.15) is 23.0 Å². The number of aromatic nitrogens is 3. The molecule has 4 aromatic rings. The Labute approximate surface area is 162 Å². The number of benzene rings is 2. The fraction of sp³-hybridized carbons (Fsp3) is 0.0500. The lowest BCUT2D eigenvalue weighted by Gasteiger charge is -2.09. The lowest BCUT2D eigenvalue weighted by molar-refractivity contribution is 0.101. The van der Waals surface area contributed by atoms with Crippen molar-refractivity contribution in [1.29, 1.82) is 0 Å². The Bertz CT molecular complexity index is 1220. The second kappa shape index (κ2) is 7.27. The fourth-order valence-corrected chi connectivity index (χ4v) is 2.79. The number of hydrogen-bond donors (Lipinski definition) is 1. The van der Waals surface area contributed by atoms with Gasteiger partial charge in [-0.1, -0.05) is 6.07 Å². The molecule has 0 radical (unpaired) electrons. The Balaban J connectivity index is 1.68. The molecular formula is C20H13F3N4O2. The van der Waals surface area contributed by atoms with Crippen molar-refractivity contribution in [3.05, 3.63) is 77.7 Å². The van der Waals surface area contributed by atoms with Crippen molar-refractivity contribution in [3.63, 3.8) is 0 Å². The van der Waals surface area contributed by atoms with Gasteiger partial charge >= 0.3 is 0 Å². The molecule has 1 amide bonds. The zero-order valence-corrected chi connectivity index (χ0v) is 15.0. The summed E-state index contributed by atoms with van der Waals surface area (Å²) in [6.07, 6.45) is 1.60. The number of hydrogen-bond acceptors (Lipinski definition) is 4. The third kappa shape index (κ3) is 3.49. The summed E-state index contributed by atoms with van der Waals surface area (Å²) in [5.74, 6) is -3.56. The maximum atomic E-state index is 14.2. The zero-order valence-electron chi connectivity index (χ0n) is 15.0. The summed E-state index contributed by atoms with van der Waals surface area (Å²) in [6.45, 7) is 0. The second-order valence-corrected chi connectivity index (χ2v) is 6.05.